The highest BCUT2D eigenvalue weighted by Gasteiger charge is 2.16. The van der Waals surface area contributed by atoms with Crippen LogP contribution in [0.25, 0.3) is 5.57 Å². The van der Waals surface area contributed by atoms with Gasteiger partial charge in [0, 0.05) is 30.6 Å². The normalized spacial score (nSPS) is 16.6. The van der Waals surface area contributed by atoms with Gasteiger partial charge in [0.1, 0.15) is 11.5 Å². The molecule has 0 fully saturated rings. The van der Waals surface area contributed by atoms with Crippen LogP contribution in [-0.2, 0) is 0 Å². The predicted octanol–water partition coefficient (Wildman–Crippen LogP) is 1.90. The summed E-state index contributed by atoms with van der Waals surface area (Å²) in [6.07, 6.45) is 12.0. The van der Waals surface area contributed by atoms with Gasteiger partial charge < -0.3 is 11.9 Å². The van der Waals surface area contributed by atoms with Gasteiger partial charge in [0.05, 0.1) is 5.71 Å². The molecule has 0 saturated heterocycles. The van der Waals surface area contributed by atoms with Crippen molar-refractivity contribution < 1.29 is 0 Å². The number of fused-ring (bicyclic) bond motifs is 1. The van der Waals surface area contributed by atoms with Crippen molar-refractivity contribution >= 4 is 17.1 Å². The van der Waals surface area contributed by atoms with Crippen LogP contribution in [0.5, 0.6) is 0 Å². The predicted molar refractivity (Wildman–Crippen MR) is 68.7 cm³/mol. The summed E-state index contributed by atoms with van der Waals surface area (Å²) in [5.74, 6) is 0.466. The Hall–Kier alpha value is -2.27. The molecule has 3 rings (SSSR count). The number of hydrogen-bond acceptors (Lipinski definition) is 5. The Bertz CT molecular complexity index is 566. The molecule has 0 atom stereocenters. The molecule has 1 aliphatic heterocycles. The van der Waals surface area contributed by atoms with E-state index in [0.29, 0.717) is 5.82 Å². The maximum atomic E-state index is 5.80. The number of aliphatic imine (C=N–C) groups is 1. The average Bonchev–Trinajstić information content (AvgIpc) is 2.76. The van der Waals surface area contributed by atoms with Crippen LogP contribution in [0.3, 0.4) is 0 Å². The number of anilines is 1. The maximum Gasteiger partial charge on any atom is 0.149 e. The van der Waals surface area contributed by atoms with Crippen molar-refractivity contribution in [1.82, 2.24) is 16.1 Å². The number of nitrogen functional groups attached to an aromatic ring is 1. The largest absolute Gasteiger partial charge is 0.382 e. The molecular formula is C12H13N5. The zero-order valence-corrected chi connectivity index (χ0v) is 9.30. The molecule has 86 valence electrons. The lowest BCUT2D eigenvalue weighted by Gasteiger charge is -2.11. The number of allylic oxidation sites excluding steroid dienone is 5. The quantitative estimate of drug-likeness (QED) is 0.765. The molecule has 0 unspecified atom stereocenters. The molecule has 1 aromatic rings. The summed E-state index contributed by atoms with van der Waals surface area (Å²) in [6, 6.07) is 0. The standard InChI is InChI=1S/C12H10N4.H3N/c13-12-11(15-5-6-16-12)9-1-2-10-8(7-9)3-4-14-10;/h1,3-7H,2H2,(H2,13,16);1H3. The Morgan fingerprint density at radius 1 is 1.12 bits per heavy atom. The Balaban J connectivity index is 0.00000108. The first kappa shape index (κ1) is 11.2. The van der Waals surface area contributed by atoms with E-state index in [4.69, 9.17) is 5.73 Å². The van der Waals surface area contributed by atoms with E-state index in [0.717, 1.165) is 29.0 Å². The minimum atomic E-state index is 0. The van der Waals surface area contributed by atoms with Crippen molar-refractivity contribution in [3.8, 4) is 0 Å². The molecule has 0 amide bonds. The van der Waals surface area contributed by atoms with Crippen LogP contribution in [0.4, 0.5) is 5.82 Å². The van der Waals surface area contributed by atoms with Crippen LogP contribution < -0.4 is 11.9 Å². The molecule has 0 spiro atoms. The Labute approximate surface area is 99.1 Å². The molecule has 1 aromatic heterocycles. The zero-order valence-electron chi connectivity index (χ0n) is 9.30. The van der Waals surface area contributed by atoms with Gasteiger partial charge >= 0.3 is 0 Å². The summed E-state index contributed by atoms with van der Waals surface area (Å²) >= 11 is 0. The van der Waals surface area contributed by atoms with Gasteiger partial charge in [-0.3, -0.25) is 9.98 Å². The van der Waals surface area contributed by atoms with E-state index >= 15 is 0 Å². The molecule has 5 nitrogen and oxygen atoms in total. The topological polar surface area (TPSA) is 99.2 Å². The van der Waals surface area contributed by atoms with Gasteiger partial charge in [-0.15, -0.1) is 0 Å². The number of rotatable bonds is 1. The summed E-state index contributed by atoms with van der Waals surface area (Å²) in [4.78, 5) is 12.6. The molecule has 0 bridgehead atoms. The second-order valence-electron chi connectivity index (χ2n) is 3.64. The van der Waals surface area contributed by atoms with Crippen molar-refractivity contribution in [2.24, 2.45) is 4.99 Å². The second-order valence-corrected chi connectivity index (χ2v) is 3.64. The molecule has 0 radical (unpaired) electrons. The van der Waals surface area contributed by atoms with Crippen molar-refractivity contribution in [3.05, 3.63) is 48.1 Å². The lowest BCUT2D eigenvalue weighted by molar-refractivity contribution is 1.18. The van der Waals surface area contributed by atoms with Crippen LogP contribution in [0.2, 0.25) is 0 Å². The minimum absolute atomic E-state index is 0. The summed E-state index contributed by atoms with van der Waals surface area (Å²) in [7, 11) is 0. The van der Waals surface area contributed by atoms with Gasteiger partial charge in [-0.2, -0.15) is 0 Å². The Kier molecular flexibility index (Phi) is 2.84. The molecule has 0 saturated carbocycles. The molecule has 0 aromatic carbocycles. The third-order valence-electron chi connectivity index (χ3n) is 2.64. The summed E-state index contributed by atoms with van der Waals surface area (Å²) < 4.78 is 0. The molecule has 2 aliphatic rings. The van der Waals surface area contributed by atoms with E-state index in [1.807, 2.05) is 18.4 Å². The van der Waals surface area contributed by atoms with E-state index in [1.54, 1.807) is 12.4 Å². The molecule has 5 heteroatoms. The fraction of sp³-hybridized carbons (Fsp3) is 0.0833. The number of aromatic nitrogens is 2. The van der Waals surface area contributed by atoms with E-state index in [-0.39, 0.29) is 6.15 Å². The molecule has 1 aliphatic carbocycles. The van der Waals surface area contributed by atoms with Gasteiger partial charge in [0.2, 0.25) is 0 Å². The summed E-state index contributed by atoms with van der Waals surface area (Å²) in [5.41, 5.74) is 9.81. The van der Waals surface area contributed by atoms with Gasteiger partial charge in [-0.25, -0.2) is 4.98 Å². The summed E-state index contributed by atoms with van der Waals surface area (Å²) in [5, 5.41) is 0. The highest BCUT2D eigenvalue weighted by atomic mass is 14.9. The van der Waals surface area contributed by atoms with E-state index in [9.17, 15) is 0 Å². The molecule has 5 N–H and O–H groups in total. The average molecular weight is 227 g/mol. The van der Waals surface area contributed by atoms with Gasteiger partial charge in [-0.1, -0.05) is 6.08 Å². The first-order valence-electron chi connectivity index (χ1n) is 5.07. The van der Waals surface area contributed by atoms with Crippen LogP contribution in [-0.4, -0.2) is 15.7 Å². The Morgan fingerprint density at radius 2 is 1.94 bits per heavy atom. The number of nitrogens with two attached hydrogens (primary N) is 1. The SMILES string of the molecule is N.Nc1nccnc1C1=CCC2=NC=CC2=C1. The minimum Gasteiger partial charge on any atom is -0.382 e. The van der Waals surface area contributed by atoms with Gasteiger partial charge in [-0.05, 0) is 17.7 Å². The highest BCUT2D eigenvalue weighted by Crippen LogP contribution is 2.27. The fourth-order valence-electron chi connectivity index (χ4n) is 1.85. The third-order valence-corrected chi connectivity index (χ3v) is 2.64. The lowest BCUT2D eigenvalue weighted by Crippen LogP contribution is -2.05. The van der Waals surface area contributed by atoms with E-state index < -0.39 is 0 Å². The van der Waals surface area contributed by atoms with Crippen molar-refractivity contribution in [3.63, 3.8) is 0 Å². The summed E-state index contributed by atoms with van der Waals surface area (Å²) in [6.45, 7) is 0. The lowest BCUT2D eigenvalue weighted by atomic mass is 9.96. The van der Waals surface area contributed by atoms with E-state index in [1.165, 1.54) is 0 Å². The van der Waals surface area contributed by atoms with E-state index in [2.05, 4.69) is 21.0 Å². The van der Waals surface area contributed by atoms with Crippen LogP contribution in [0.15, 0.2) is 47.4 Å². The Morgan fingerprint density at radius 3 is 2.76 bits per heavy atom. The molecular weight excluding hydrogens is 214 g/mol. The van der Waals surface area contributed by atoms with Gasteiger partial charge in [0.25, 0.3) is 0 Å². The molecule has 2 heterocycles. The monoisotopic (exact) mass is 227 g/mol. The van der Waals surface area contributed by atoms with Crippen molar-refractivity contribution in [2.75, 3.05) is 5.73 Å². The zero-order chi connectivity index (χ0) is 11.0. The van der Waals surface area contributed by atoms with Crippen molar-refractivity contribution in [1.29, 1.82) is 0 Å². The van der Waals surface area contributed by atoms with Crippen LogP contribution in [0, 0.1) is 0 Å². The fourth-order valence-corrected chi connectivity index (χ4v) is 1.85. The molecule has 17 heavy (non-hydrogen) atoms. The van der Waals surface area contributed by atoms with Crippen molar-refractivity contribution in [2.45, 2.75) is 6.42 Å². The first-order chi connectivity index (χ1) is 7.84. The smallest absolute Gasteiger partial charge is 0.149 e. The first-order valence-corrected chi connectivity index (χ1v) is 5.07. The highest BCUT2D eigenvalue weighted by molar-refractivity contribution is 6.10. The second kappa shape index (κ2) is 4.31. The number of nitrogens with zero attached hydrogens (tertiary/aromatic N) is 3. The van der Waals surface area contributed by atoms with Crippen LogP contribution in [0.1, 0.15) is 12.1 Å². The third kappa shape index (κ3) is 1.88. The maximum absolute atomic E-state index is 5.80. The van der Waals surface area contributed by atoms with Gasteiger partial charge in [0.15, 0.2) is 0 Å². The number of hydrogen-bond donors (Lipinski definition) is 2. The van der Waals surface area contributed by atoms with Crippen LogP contribution >= 0.6 is 0 Å².